The average Bonchev–Trinajstić information content (AvgIpc) is 2.29. The van der Waals surface area contributed by atoms with Gasteiger partial charge in [0.15, 0.2) is 0 Å². The second-order valence-corrected chi connectivity index (χ2v) is 6.01. The Bertz CT molecular complexity index is 558. The van der Waals surface area contributed by atoms with Gasteiger partial charge in [-0.1, -0.05) is 13.8 Å². The molecule has 0 amide bonds. The minimum Gasteiger partial charge on any atom is -0.423 e. The van der Waals surface area contributed by atoms with E-state index in [1.54, 1.807) is 13.8 Å². The van der Waals surface area contributed by atoms with Crippen LogP contribution in [0.25, 0.3) is 0 Å². The van der Waals surface area contributed by atoms with E-state index in [0.717, 1.165) is 12.1 Å². The molecule has 106 valence electrons. The Balaban J connectivity index is 3.46. The summed E-state index contributed by atoms with van der Waals surface area (Å²) in [7, 11) is -5.81. The van der Waals surface area contributed by atoms with Gasteiger partial charge in [0, 0.05) is 18.6 Å². The summed E-state index contributed by atoms with van der Waals surface area (Å²) in [6.45, 7) is 5.43. The molecule has 0 aliphatic carbocycles. The van der Waals surface area contributed by atoms with E-state index in [9.17, 15) is 12.8 Å². The first-order valence-electron chi connectivity index (χ1n) is 5.92. The van der Waals surface area contributed by atoms with Crippen LogP contribution in [0.5, 0.6) is 0 Å². The van der Waals surface area contributed by atoms with Crippen LogP contribution in [-0.2, 0) is 10.0 Å². The number of aryl methyl sites for hydroxylation is 1. The minimum absolute atomic E-state index is 0.110. The zero-order valence-corrected chi connectivity index (χ0v) is 11.9. The third kappa shape index (κ3) is 3.14. The van der Waals surface area contributed by atoms with Crippen molar-refractivity contribution in [1.29, 1.82) is 0 Å². The maximum Gasteiger partial charge on any atom is 0.491 e. The number of sulfonamides is 1. The van der Waals surface area contributed by atoms with Gasteiger partial charge in [-0.2, -0.15) is 4.31 Å². The lowest BCUT2D eigenvalue weighted by atomic mass is 9.79. The van der Waals surface area contributed by atoms with Gasteiger partial charge < -0.3 is 10.0 Å². The topological polar surface area (TPSA) is 77.8 Å². The highest BCUT2D eigenvalue weighted by Gasteiger charge is 2.27. The zero-order valence-electron chi connectivity index (χ0n) is 11.1. The Morgan fingerprint density at radius 2 is 1.79 bits per heavy atom. The molecule has 0 aliphatic heterocycles. The maximum atomic E-state index is 13.5. The summed E-state index contributed by atoms with van der Waals surface area (Å²) < 4.78 is 39.4. The van der Waals surface area contributed by atoms with Crippen molar-refractivity contribution in [2.24, 2.45) is 0 Å². The largest absolute Gasteiger partial charge is 0.491 e. The molecular weight excluding hydrogens is 272 g/mol. The number of nitrogens with zero attached hydrogens (tertiary/aromatic N) is 1. The van der Waals surface area contributed by atoms with Gasteiger partial charge in [-0.3, -0.25) is 0 Å². The van der Waals surface area contributed by atoms with E-state index in [4.69, 9.17) is 10.0 Å². The van der Waals surface area contributed by atoms with Crippen LogP contribution in [0.4, 0.5) is 4.39 Å². The summed E-state index contributed by atoms with van der Waals surface area (Å²) >= 11 is 0. The second kappa shape index (κ2) is 6.00. The van der Waals surface area contributed by atoms with E-state index < -0.39 is 28.4 Å². The Kier molecular flexibility index (Phi) is 5.08. The van der Waals surface area contributed by atoms with Gasteiger partial charge in [0.1, 0.15) is 5.82 Å². The number of hydrogen-bond acceptors (Lipinski definition) is 4. The summed E-state index contributed by atoms with van der Waals surface area (Å²) in [6.07, 6.45) is 0. The smallest absolute Gasteiger partial charge is 0.423 e. The van der Waals surface area contributed by atoms with Gasteiger partial charge in [0.25, 0.3) is 0 Å². The molecule has 0 aromatic heterocycles. The molecule has 1 aromatic rings. The monoisotopic (exact) mass is 289 g/mol. The highest BCUT2D eigenvalue weighted by molar-refractivity contribution is 7.89. The van der Waals surface area contributed by atoms with Crippen molar-refractivity contribution in [2.45, 2.75) is 25.7 Å². The summed E-state index contributed by atoms with van der Waals surface area (Å²) in [5.74, 6) is -0.842. The third-order valence-corrected chi connectivity index (χ3v) is 5.09. The third-order valence-electron chi connectivity index (χ3n) is 2.90. The molecule has 0 spiro atoms. The Morgan fingerprint density at radius 1 is 1.26 bits per heavy atom. The molecule has 0 bridgehead atoms. The number of rotatable bonds is 5. The lowest BCUT2D eigenvalue weighted by Crippen LogP contribution is -2.36. The number of halogens is 1. The molecule has 0 saturated heterocycles. The van der Waals surface area contributed by atoms with E-state index >= 15 is 0 Å². The number of hydrogen-bond donors (Lipinski definition) is 2. The molecule has 0 saturated carbocycles. The standard InChI is InChI=1S/C11H17BFNO4S/c1-4-14(5-2)19(17,18)11-7-9(12(15)16)10(13)6-8(11)3/h6-7,15-16H,4-5H2,1-3H3. The van der Waals surface area contributed by atoms with Crippen molar-refractivity contribution in [3.05, 3.63) is 23.5 Å². The van der Waals surface area contributed by atoms with Crippen molar-refractivity contribution in [1.82, 2.24) is 4.31 Å². The molecular formula is C11H17BFNO4S. The van der Waals surface area contributed by atoms with E-state index in [0.29, 0.717) is 0 Å². The van der Waals surface area contributed by atoms with Crippen LogP contribution in [0.1, 0.15) is 19.4 Å². The highest BCUT2D eigenvalue weighted by atomic mass is 32.2. The Labute approximate surface area is 112 Å². The predicted molar refractivity (Wildman–Crippen MR) is 71.1 cm³/mol. The average molecular weight is 289 g/mol. The fourth-order valence-corrected chi connectivity index (χ4v) is 3.55. The van der Waals surface area contributed by atoms with Crippen molar-refractivity contribution in [2.75, 3.05) is 13.1 Å². The Morgan fingerprint density at radius 3 is 2.21 bits per heavy atom. The van der Waals surface area contributed by atoms with Crippen LogP contribution in [0.3, 0.4) is 0 Å². The molecule has 0 fully saturated rings. The molecule has 0 heterocycles. The first-order chi connectivity index (χ1) is 8.75. The molecule has 1 rings (SSSR count). The van der Waals surface area contributed by atoms with Crippen molar-refractivity contribution in [3.63, 3.8) is 0 Å². The molecule has 2 N–H and O–H groups in total. The summed E-state index contributed by atoms with van der Waals surface area (Å²) in [6, 6.07) is 1.97. The molecule has 0 aliphatic rings. The molecule has 5 nitrogen and oxygen atoms in total. The zero-order chi connectivity index (χ0) is 14.8. The molecule has 19 heavy (non-hydrogen) atoms. The quantitative estimate of drug-likeness (QED) is 0.739. The van der Waals surface area contributed by atoms with Crippen molar-refractivity contribution in [3.8, 4) is 0 Å². The van der Waals surface area contributed by atoms with Gasteiger partial charge >= 0.3 is 7.12 Å². The SMILES string of the molecule is CCN(CC)S(=O)(=O)c1cc(B(O)O)c(F)cc1C. The second-order valence-electron chi connectivity index (χ2n) is 4.10. The summed E-state index contributed by atoms with van der Waals surface area (Å²) in [5, 5.41) is 18.1. The molecule has 0 radical (unpaired) electrons. The maximum absolute atomic E-state index is 13.5. The Hall–Kier alpha value is -0.955. The number of benzene rings is 1. The van der Waals surface area contributed by atoms with Crippen LogP contribution in [0, 0.1) is 12.7 Å². The highest BCUT2D eigenvalue weighted by Crippen LogP contribution is 2.19. The first kappa shape index (κ1) is 16.1. The van der Waals surface area contributed by atoms with E-state index in [1.165, 1.54) is 11.2 Å². The summed E-state index contributed by atoms with van der Waals surface area (Å²) in [5.41, 5.74) is -0.217. The molecule has 0 unspecified atom stereocenters. The van der Waals surface area contributed by atoms with Crippen molar-refractivity contribution >= 4 is 22.6 Å². The van der Waals surface area contributed by atoms with Crippen LogP contribution in [0.2, 0.25) is 0 Å². The molecule has 1 aromatic carbocycles. The van der Waals surface area contributed by atoms with Crippen LogP contribution in [0.15, 0.2) is 17.0 Å². The van der Waals surface area contributed by atoms with Crippen LogP contribution >= 0.6 is 0 Å². The first-order valence-corrected chi connectivity index (χ1v) is 7.36. The predicted octanol–water partition coefficient (Wildman–Crippen LogP) is -0.156. The van der Waals surface area contributed by atoms with E-state index in [1.807, 2.05) is 0 Å². The fraction of sp³-hybridized carbons (Fsp3) is 0.455. The van der Waals surface area contributed by atoms with Gasteiger partial charge in [-0.25, -0.2) is 12.8 Å². The van der Waals surface area contributed by atoms with Gasteiger partial charge in [0.2, 0.25) is 10.0 Å². The van der Waals surface area contributed by atoms with Gasteiger partial charge in [-0.15, -0.1) is 0 Å². The lowest BCUT2D eigenvalue weighted by Gasteiger charge is -2.20. The van der Waals surface area contributed by atoms with E-state index in [-0.39, 0.29) is 23.5 Å². The normalized spacial score (nSPS) is 11.9. The summed E-state index contributed by atoms with van der Waals surface area (Å²) in [4.78, 5) is -0.110. The molecule has 8 heteroatoms. The van der Waals surface area contributed by atoms with Crippen molar-refractivity contribution < 1.29 is 22.9 Å². The van der Waals surface area contributed by atoms with Gasteiger partial charge in [-0.05, 0) is 24.6 Å². The fourth-order valence-electron chi connectivity index (χ4n) is 1.85. The van der Waals surface area contributed by atoms with E-state index in [2.05, 4.69) is 0 Å². The minimum atomic E-state index is -3.76. The lowest BCUT2D eigenvalue weighted by molar-refractivity contribution is 0.422. The van der Waals surface area contributed by atoms with Gasteiger partial charge in [0.05, 0.1) is 4.90 Å². The van der Waals surface area contributed by atoms with Crippen LogP contribution < -0.4 is 5.46 Å². The molecule has 0 atom stereocenters. The van der Waals surface area contributed by atoms with Crippen LogP contribution in [-0.4, -0.2) is 43.0 Å².